The maximum Gasteiger partial charge on any atom is 0.251 e. The molecule has 2 fully saturated rings. The lowest BCUT2D eigenvalue weighted by Crippen LogP contribution is -2.44. The Morgan fingerprint density at radius 1 is 1.18 bits per heavy atom. The van der Waals surface area contributed by atoms with Crippen molar-refractivity contribution < 1.29 is 14.3 Å². The summed E-state index contributed by atoms with van der Waals surface area (Å²) in [4.78, 5) is 28.5. The Hall–Kier alpha value is -1.88. The molecule has 5 heteroatoms. The topological polar surface area (TPSA) is 49.9 Å². The van der Waals surface area contributed by atoms with Gasteiger partial charge in [0.25, 0.3) is 5.91 Å². The van der Waals surface area contributed by atoms with Crippen LogP contribution in [0.15, 0.2) is 24.3 Å². The Morgan fingerprint density at radius 2 is 1.95 bits per heavy atom. The number of nitrogens with zero attached hydrogens (tertiary/aromatic N) is 2. The zero-order chi connectivity index (χ0) is 15.5. The fourth-order valence-corrected chi connectivity index (χ4v) is 3.28. The maximum absolute atomic E-state index is 12.7. The third-order valence-corrected chi connectivity index (χ3v) is 4.34. The van der Waals surface area contributed by atoms with Gasteiger partial charge in [-0.2, -0.15) is 0 Å². The molecule has 2 amide bonds. The van der Waals surface area contributed by atoms with Gasteiger partial charge in [0.05, 0.1) is 24.8 Å². The van der Waals surface area contributed by atoms with Crippen LogP contribution in [0.1, 0.15) is 32.6 Å². The maximum atomic E-state index is 12.7. The number of benzene rings is 1. The average molecular weight is 302 g/mol. The first kappa shape index (κ1) is 15.0. The number of amides is 2. The number of likely N-dealkylation sites (tertiary alicyclic amines) is 1. The van der Waals surface area contributed by atoms with Crippen molar-refractivity contribution >= 4 is 17.5 Å². The summed E-state index contributed by atoms with van der Waals surface area (Å²) in [6, 6.07) is 6.91. The molecule has 0 spiro atoms. The molecule has 0 N–H and O–H groups in total. The van der Waals surface area contributed by atoms with Gasteiger partial charge in [-0.05, 0) is 45.0 Å². The number of anilines is 1. The van der Waals surface area contributed by atoms with E-state index < -0.39 is 0 Å². The van der Waals surface area contributed by atoms with Crippen LogP contribution in [0.4, 0.5) is 5.69 Å². The molecule has 0 aromatic heterocycles. The van der Waals surface area contributed by atoms with Crippen LogP contribution in [0, 0.1) is 0 Å². The van der Waals surface area contributed by atoms with Crippen LogP contribution < -0.4 is 9.64 Å². The molecule has 2 saturated heterocycles. The third-order valence-electron chi connectivity index (χ3n) is 4.34. The lowest BCUT2D eigenvalue weighted by atomic mass is 10.1. The Kier molecular flexibility index (Phi) is 4.43. The number of rotatable bonds is 4. The van der Waals surface area contributed by atoms with E-state index in [1.165, 1.54) is 11.3 Å². The summed E-state index contributed by atoms with van der Waals surface area (Å²) in [5.41, 5.74) is 0.612. The van der Waals surface area contributed by atoms with Crippen molar-refractivity contribution in [2.24, 2.45) is 0 Å². The first-order valence-corrected chi connectivity index (χ1v) is 8.04. The molecule has 5 nitrogen and oxygen atoms in total. The molecule has 0 unspecified atom stereocenters. The van der Waals surface area contributed by atoms with Crippen LogP contribution in [-0.2, 0) is 9.59 Å². The molecule has 1 aromatic carbocycles. The van der Waals surface area contributed by atoms with Gasteiger partial charge in [0.15, 0.2) is 0 Å². The van der Waals surface area contributed by atoms with E-state index in [-0.39, 0.29) is 24.3 Å². The molecule has 1 aromatic rings. The van der Waals surface area contributed by atoms with E-state index in [9.17, 15) is 9.59 Å². The van der Waals surface area contributed by atoms with E-state index >= 15 is 0 Å². The molecule has 0 aliphatic carbocycles. The predicted octanol–water partition coefficient (Wildman–Crippen LogP) is 2.20. The molecule has 3 rings (SSSR count). The van der Waals surface area contributed by atoms with Crippen molar-refractivity contribution in [3.05, 3.63) is 24.3 Å². The first-order valence-electron chi connectivity index (χ1n) is 8.04. The minimum Gasteiger partial charge on any atom is -0.494 e. The SMILES string of the molecule is CCOc1cccc(N2C(=O)C[C@@H](N3CCCCC3)C2=O)c1. The van der Waals surface area contributed by atoms with Crippen LogP contribution in [-0.4, -0.2) is 42.5 Å². The molecular weight excluding hydrogens is 280 g/mol. The van der Waals surface area contributed by atoms with Gasteiger partial charge in [-0.15, -0.1) is 0 Å². The van der Waals surface area contributed by atoms with Gasteiger partial charge in [-0.3, -0.25) is 14.5 Å². The molecular formula is C17H22N2O3. The minimum atomic E-state index is -0.288. The van der Waals surface area contributed by atoms with Crippen LogP contribution in [0.5, 0.6) is 5.75 Å². The second-order valence-electron chi connectivity index (χ2n) is 5.81. The largest absolute Gasteiger partial charge is 0.494 e. The minimum absolute atomic E-state index is 0.0967. The monoisotopic (exact) mass is 302 g/mol. The number of piperidine rings is 1. The molecule has 0 bridgehead atoms. The Bertz CT molecular complexity index is 567. The first-order chi connectivity index (χ1) is 10.7. The highest BCUT2D eigenvalue weighted by Crippen LogP contribution is 2.29. The van der Waals surface area contributed by atoms with Crippen LogP contribution in [0.3, 0.4) is 0 Å². The summed E-state index contributed by atoms with van der Waals surface area (Å²) in [5.74, 6) is 0.469. The summed E-state index contributed by atoms with van der Waals surface area (Å²) < 4.78 is 5.46. The number of carbonyl (C=O) groups excluding carboxylic acids is 2. The second kappa shape index (κ2) is 6.48. The summed E-state index contributed by atoms with van der Waals surface area (Å²) in [7, 11) is 0. The van der Waals surface area contributed by atoms with Crippen molar-refractivity contribution in [3.8, 4) is 5.75 Å². The fraction of sp³-hybridized carbons (Fsp3) is 0.529. The van der Waals surface area contributed by atoms with Gasteiger partial charge in [0, 0.05) is 6.07 Å². The lowest BCUT2D eigenvalue weighted by molar-refractivity contribution is -0.123. The summed E-state index contributed by atoms with van der Waals surface area (Å²) in [6.07, 6.45) is 3.72. The summed E-state index contributed by atoms with van der Waals surface area (Å²) >= 11 is 0. The number of hydrogen-bond donors (Lipinski definition) is 0. The number of carbonyl (C=O) groups is 2. The van der Waals surface area contributed by atoms with Gasteiger partial charge in [0.2, 0.25) is 5.91 Å². The van der Waals surface area contributed by atoms with E-state index in [1.807, 2.05) is 19.1 Å². The highest BCUT2D eigenvalue weighted by Gasteiger charge is 2.42. The van der Waals surface area contributed by atoms with Crippen molar-refractivity contribution in [3.63, 3.8) is 0 Å². The number of imide groups is 1. The Morgan fingerprint density at radius 3 is 2.68 bits per heavy atom. The highest BCUT2D eigenvalue weighted by molar-refractivity contribution is 6.22. The molecule has 118 valence electrons. The predicted molar refractivity (Wildman–Crippen MR) is 83.9 cm³/mol. The molecule has 2 heterocycles. The number of hydrogen-bond acceptors (Lipinski definition) is 4. The standard InChI is InChI=1S/C17H22N2O3/c1-2-22-14-8-6-7-13(11-14)19-16(20)12-15(17(19)21)18-9-4-3-5-10-18/h6-8,11,15H,2-5,9-10,12H2,1H3/t15-/m1/s1. The molecule has 1 atom stereocenters. The lowest BCUT2D eigenvalue weighted by Gasteiger charge is -2.30. The quantitative estimate of drug-likeness (QED) is 0.800. The van der Waals surface area contributed by atoms with E-state index in [2.05, 4.69) is 4.90 Å². The summed E-state index contributed by atoms with van der Waals surface area (Å²) in [6.45, 7) is 4.29. The third kappa shape index (κ3) is 2.86. The van der Waals surface area contributed by atoms with Crippen molar-refractivity contribution in [2.75, 3.05) is 24.6 Å². The zero-order valence-corrected chi connectivity index (χ0v) is 13.0. The normalized spacial score (nSPS) is 23.1. The van der Waals surface area contributed by atoms with E-state index in [0.29, 0.717) is 18.0 Å². The number of ether oxygens (including phenoxy) is 1. The zero-order valence-electron chi connectivity index (χ0n) is 13.0. The molecule has 2 aliphatic heterocycles. The second-order valence-corrected chi connectivity index (χ2v) is 5.81. The average Bonchev–Trinajstić information content (AvgIpc) is 2.84. The molecule has 0 radical (unpaired) electrons. The van der Waals surface area contributed by atoms with Gasteiger partial charge >= 0.3 is 0 Å². The molecule has 2 aliphatic rings. The van der Waals surface area contributed by atoms with Crippen LogP contribution in [0.2, 0.25) is 0 Å². The van der Waals surface area contributed by atoms with E-state index in [0.717, 1.165) is 25.9 Å². The molecule has 0 saturated carbocycles. The van der Waals surface area contributed by atoms with Crippen LogP contribution in [0.25, 0.3) is 0 Å². The fourth-order valence-electron chi connectivity index (χ4n) is 3.28. The van der Waals surface area contributed by atoms with E-state index in [4.69, 9.17) is 4.74 Å². The van der Waals surface area contributed by atoms with Crippen molar-refractivity contribution in [1.82, 2.24) is 4.90 Å². The van der Waals surface area contributed by atoms with Gasteiger partial charge in [0.1, 0.15) is 5.75 Å². The smallest absolute Gasteiger partial charge is 0.251 e. The van der Waals surface area contributed by atoms with Crippen molar-refractivity contribution in [2.45, 2.75) is 38.6 Å². The van der Waals surface area contributed by atoms with Crippen molar-refractivity contribution in [1.29, 1.82) is 0 Å². The van der Waals surface area contributed by atoms with Gasteiger partial charge in [-0.1, -0.05) is 12.5 Å². The highest BCUT2D eigenvalue weighted by atomic mass is 16.5. The molecule has 22 heavy (non-hydrogen) atoms. The van der Waals surface area contributed by atoms with E-state index in [1.54, 1.807) is 12.1 Å². The van der Waals surface area contributed by atoms with Gasteiger partial charge in [-0.25, -0.2) is 4.90 Å². The Balaban J connectivity index is 1.80. The van der Waals surface area contributed by atoms with Crippen LogP contribution >= 0.6 is 0 Å². The van der Waals surface area contributed by atoms with Gasteiger partial charge < -0.3 is 4.74 Å². The Labute approximate surface area is 130 Å². The summed E-state index contributed by atoms with van der Waals surface area (Å²) in [5, 5.41) is 0.